The van der Waals surface area contributed by atoms with Crippen LogP contribution in [0, 0.1) is 6.92 Å². The summed E-state index contributed by atoms with van der Waals surface area (Å²) in [5.74, 6) is 0.725. The first-order valence-corrected chi connectivity index (χ1v) is 9.47. The fourth-order valence-corrected chi connectivity index (χ4v) is 2.82. The van der Waals surface area contributed by atoms with E-state index >= 15 is 0 Å². The number of aromatic nitrogens is 2. The molecule has 0 amide bonds. The van der Waals surface area contributed by atoms with Gasteiger partial charge in [-0.3, -0.25) is 9.89 Å². The molecule has 150 valence electrons. The van der Waals surface area contributed by atoms with Crippen LogP contribution in [0.1, 0.15) is 32.0 Å². The molecule has 0 aliphatic carbocycles. The molecule has 2 aromatic carbocycles. The highest BCUT2D eigenvalue weighted by atomic mass is 16.5. The quantitative estimate of drug-likeness (QED) is 0.430. The molecule has 3 aromatic rings. The molecule has 3 rings (SSSR count). The third-order valence-electron chi connectivity index (χ3n) is 4.50. The van der Waals surface area contributed by atoms with Gasteiger partial charge >= 0.3 is 0 Å². The molecular weight excluding hydrogens is 364 g/mol. The number of nitrogens with zero attached hydrogens (tertiary/aromatic N) is 3. The molecule has 29 heavy (non-hydrogen) atoms. The van der Waals surface area contributed by atoms with Gasteiger partial charge in [-0.05, 0) is 54.3 Å². The highest BCUT2D eigenvalue weighted by Gasteiger charge is 2.15. The van der Waals surface area contributed by atoms with Crippen molar-refractivity contribution in [2.45, 2.75) is 33.1 Å². The molecule has 0 fully saturated rings. The maximum absolute atomic E-state index is 12.8. The lowest BCUT2D eigenvalue weighted by atomic mass is 9.87. The Kier molecular flexibility index (Phi) is 5.82. The SMILES string of the molecule is C=CCOc1ccc(N=Nc2c(C)[nH]n(-c3ccc(C(C)(C)C)cc3)c2=O)cc1. The van der Waals surface area contributed by atoms with Gasteiger partial charge in [0.2, 0.25) is 0 Å². The van der Waals surface area contributed by atoms with Gasteiger partial charge in [0.15, 0.2) is 5.69 Å². The van der Waals surface area contributed by atoms with E-state index in [0.717, 1.165) is 11.4 Å². The minimum atomic E-state index is -0.235. The summed E-state index contributed by atoms with van der Waals surface area (Å²) in [5, 5.41) is 11.4. The predicted octanol–water partition coefficient (Wildman–Crippen LogP) is 5.75. The van der Waals surface area contributed by atoms with Gasteiger partial charge in [0.1, 0.15) is 12.4 Å². The van der Waals surface area contributed by atoms with Crippen LogP contribution in [0.5, 0.6) is 5.75 Å². The number of aryl methyl sites for hydroxylation is 1. The number of rotatable bonds is 6. The minimum Gasteiger partial charge on any atom is -0.490 e. The third-order valence-corrected chi connectivity index (χ3v) is 4.50. The number of ether oxygens (including phenoxy) is 1. The van der Waals surface area contributed by atoms with Gasteiger partial charge in [0.25, 0.3) is 5.56 Å². The summed E-state index contributed by atoms with van der Waals surface area (Å²) in [4.78, 5) is 12.8. The van der Waals surface area contributed by atoms with Crippen molar-refractivity contribution in [3.05, 3.63) is 82.8 Å². The predicted molar refractivity (Wildman–Crippen MR) is 116 cm³/mol. The Balaban J connectivity index is 1.83. The number of benzene rings is 2. The van der Waals surface area contributed by atoms with Gasteiger partial charge in [0, 0.05) is 0 Å². The first-order valence-electron chi connectivity index (χ1n) is 9.47. The van der Waals surface area contributed by atoms with Crippen molar-refractivity contribution < 1.29 is 4.74 Å². The average molecular weight is 390 g/mol. The Hall–Kier alpha value is -3.41. The van der Waals surface area contributed by atoms with Crippen molar-refractivity contribution in [1.29, 1.82) is 0 Å². The Bertz CT molecular complexity index is 1070. The van der Waals surface area contributed by atoms with E-state index in [4.69, 9.17) is 4.74 Å². The molecule has 0 aliphatic rings. The largest absolute Gasteiger partial charge is 0.490 e. The molecular formula is C23H26N4O2. The van der Waals surface area contributed by atoms with E-state index in [1.807, 2.05) is 31.2 Å². The van der Waals surface area contributed by atoms with Crippen LogP contribution in [0.3, 0.4) is 0 Å². The van der Waals surface area contributed by atoms with Crippen LogP contribution in [0.15, 0.2) is 76.2 Å². The number of nitrogens with one attached hydrogen (secondary N) is 1. The van der Waals surface area contributed by atoms with Crippen molar-refractivity contribution >= 4 is 11.4 Å². The van der Waals surface area contributed by atoms with E-state index in [1.165, 1.54) is 10.2 Å². The summed E-state index contributed by atoms with van der Waals surface area (Å²) in [6.45, 7) is 12.3. The van der Waals surface area contributed by atoms with Crippen molar-refractivity contribution in [3.8, 4) is 11.4 Å². The van der Waals surface area contributed by atoms with Crippen LogP contribution in [-0.4, -0.2) is 16.4 Å². The van der Waals surface area contributed by atoms with E-state index in [9.17, 15) is 4.79 Å². The summed E-state index contributed by atoms with van der Waals surface area (Å²) in [6.07, 6.45) is 1.68. The molecule has 6 heteroatoms. The van der Waals surface area contributed by atoms with E-state index in [2.05, 4.69) is 42.7 Å². The molecule has 1 heterocycles. The molecule has 0 unspecified atom stereocenters. The standard InChI is InChI=1S/C23H26N4O2/c1-6-15-29-20-13-9-18(10-14-20)24-25-21-16(2)26-27(22(21)28)19-11-7-17(8-12-19)23(3,4)5/h6-14,26H,1,15H2,2-5H3. The van der Waals surface area contributed by atoms with Gasteiger partial charge in [-0.25, -0.2) is 4.68 Å². The second kappa shape index (κ2) is 8.31. The molecule has 0 spiro atoms. The summed E-state index contributed by atoms with van der Waals surface area (Å²) >= 11 is 0. The van der Waals surface area contributed by atoms with E-state index < -0.39 is 0 Å². The summed E-state index contributed by atoms with van der Waals surface area (Å²) in [7, 11) is 0. The molecule has 0 saturated heterocycles. The van der Waals surface area contributed by atoms with Crippen LogP contribution >= 0.6 is 0 Å². The zero-order valence-corrected chi connectivity index (χ0v) is 17.3. The Labute approximate surface area is 170 Å². The molecule has 0 aliphatic heterocycles. The second-order valence-corrected chi connectivity index (χ2v) is 7.82. The van der Waals surface area contributed by atoms with Crippen LogP contribution < -0.4 is 10.3 Å². The van der Waals surface area contributed by atoms with Gasteiger partial charge in [-0.15, -0.1) is 5.11 Å². The zero-order valence-electron chi connectivity index (χ0n) is 17.3. The lowest BCUT2D eigenvalue weighted by Gasteiger charge is -2.19. The number of hydrogen-bond acceptors (Lipinski definition) is 4. The van der Waals surface area contributed by atoms with Crippen LogP contribution in [-0.2, 0) is 5.41 Å². The third kappa shape index (κ3) is 4.71. The zero-order chi connectivity index (χ0) is 21.0. The smallest absolute Gasteiger partial charge is 0.299 e. The summed E-state index contributed by atoms with van der Waals surface area (Å²) in [5.41, 5.74) is 3.37. The molecule has 1 N–H and O–H groups in total. The minimum absolute atomic E-state index is 0.0563. The first-order chi connectivity index (χ1) is 13.8. The Morgan fingerprint density at radius 3 is 2.31 bits per heavy atom. The Morgan fingerprint density at radius 1 is 1.07 bits per heavy atom. The van der Waals surface area contributed by atoms with E-state index in [1.54, 1.807) is 30.3 Å². The molecule has 0 saturated carbocycles. The van der Waals surface area contributed by atoms with Crippen LogP contribution in [0.25, 0.3) is 5.69 Å². The average Bonchev–Trinajstić information content (AvgIpc) is 2.98. The van der Waals surface area contributed by atoms with Crippen LogP contribution in [0.2, 0.25) is 0 Å². The van der Waals surface area contributed by atoms with Crippen molar-refractivity contribution in [2.24, 2.45) is 10.2 Å². The van der Waals surface area contributed by atoms with Gasteiger partial charge < -0.3 is 4.74 Å². The topological polar surface area (TPSA) is 71.7 Å². The fourth-order valence-electron chi connectivity index (χ4n) is 2.82. The number of H-pyrrole nitrogens is 1. The number of hydrogen-bond donors (Lipinski definition) is 1. The monoisotopic (exact) mass is 390 g/mol. The lowest BCUT2D eigenvalue weighted by Crippen LogP contribution is -2.15. The number of aromatic amines is 1. The lowest BCUT2D eigenvalue weighted by molar-refractivity contribution is 0.363. The second-order valence-electron chi connectivity index (χ2n) is 7.82. The highest BCUT2D eigenvalue weighted by molar-refractivity contribution is 5.46. The van der Waals surface area contributed by atoms with Crippen molar-refractivity contribution in [1.82, 2.24) is 9.78 Å². The molecule has 6 nitrogen and oxygen atoms in total. The maximum Gasteiger partial charge on any atom is 0.299 e. The van der Waals surface area contributed by atoms with Gasteiger partial charge in [0.05, 0.1) is 17.1 Å². The highest BCUT2D eigenvalue weighted by Crippen LogP contribution is 2.24. The van der Waals surface area contributed by atoms with Crippen LogP contribution in [0.4, 0.5) is 11.4 Å². The summed E-state index contributed by atoms with van der Waals surface area (Å²) < 4.78 is 6.93. The van der Waals surface area contributed by atoms with Gasteiger partial charge in [-0.1, -0.05) is 45.6 Å². The van der Waals surface area contributed by atoms with Gasteiger partial charge in [-0.2, -0.15) is 5.11 Å². The molecule has 1 aromatic heterocycles. The number of azo groups is 1. The maximum atomic E-state index is 12.8. The van der Waals surface area contributed by atoms with E-state index in [0.29, 0.717) is 18.0 Å². The van der Waals surface area contributed by atoms with Crippen molar-refractivity contribution in [3.63, 3.8) is 0 Å². The normalized spacial score (nSPS) is 11.7. The fraction of sp³-hybridized carbons (Fsp3) is 0.261. The molecule has 0 bridgehead atoms. The van der Waals surface area contributed by atoms with Crippen molar-refractivity contribution in [2.75, 3.05) is 6.61 Å². The Morgan fingerprint density at radius 2 is 1.72 bits per heavy atom. The summed E-state index contributed by atoms with van der Waals surface area (Å²) in [6, 6.07) is 15.1. The molecule has 0 atom stereocenters. The van der Waals surface area contributed by atoms with E-state index in [-0.39, 0.29) is 16.7 Å². The first kappa shape index (κ1) is 20.3. The molecule has 0 radical (unpaired) electrons.